The number of carbonyl (C=O) groups excluding carboxylic acids is 4. The predicted molar refractivity (Wildman–Crippen MR) is 165 cm³/mol. The van der Waals surface area contributed by atoms with Gasteiger partial charge in [-0.3, -0.25) is 29.4 Å². The summed E-state index contributed by atoms with van der Waals surface area (Å²) in [7, 11) is 0. The zero-order chi connectivity index (χ0) is 31.3. The molecule has 7 rings (SSSR count). The number of carbonyl (C=O) groups is 5. The molecule has 0 aromatic heterocycles. The van der Waals surface area contributed by atoms with Gasteiger partial charge in [-0.15, -0.1) is 0 Å². The number of amides is 5. The molecule has 1 unspecified atom stereocenters. The van der Waals surface area contributed by atoms with Gasteiger partial charge in [0.2, 0.25) is 11.8 Å². The maximum atomic E-state index is 13.4. The summed E-state index contributed by atoms with van der Waals surface area (Å²) in [6.45, 7) is 7.54. The predicted octanol–water partition coefficient (Wildman–Crippen LogP) is 2.38. The fourth-order valence-electron chi connectivity index (χ4n) is 8.89. The molecule has 6 heterocycles. The lowest BCUT2D eigenvalue weighted by atomic mass is 9.72. The van der Waals surface area contributed by atoms with Crippen LogP contribution >= 0.6 is 0 Å². The SMILES string of the molecule is O=C1CCC(N2C(=O)c3ccc(N4CCCC5(CCN(C6CCN(C7CCN(C(=O)O)CC7)CC6)CC5)C4)cc3C2=O)C(=O)N1. The molecule has 5 saturated heterocycles. The molecule has 45 heavy (non-hydrogen) atoms. The summed E-state index contributed by atoms with van der Waals surface area (Å²) < 4.78 is 0. The van der Waals surface area contributed by atoms with E-state index in [0.717, 1.165) is 82.0 Å². The van der Waals surface area contributed by atoms with Crippen molar-refractivity contribution in [2.75, 3.05) is 57.3 Å². The molecule has 1 aromatic rings. The Morgan fingerprint density at radius 1 is 0.778 bits per heavy atom. The lowest BCUT2D eigenvalue weighted by Crippen LogP contribution is -2.55. The number of anilines is 1. The Morgan fingerprint density at radius 3 is 2.09 bits per heavy atom. The van der Waals surface area contributed by atoms with Crippen LogP contribution in [0.5, 0.6) is 0 Å². The second-order valence-electron chi connectivity index (χ2n) is 14.0. The largest absolute Gasteiger partial charge is 0.465 e. The van der Waals surface area contributed by atoms with Crippen LogP contribution in [0.2, 0.25) is 0 Å². The molecule has 1 aromatic carbocycles. The van der Waals surface area contributed by atoms with Crippen LogP contribution in [0.3, 0.4) is 0 Å². The van der Waals surface area contributed by atoms with Gasteiger partial charge < -0.3 is 24.7 Å². The van der Waals surface area contributed by atoms with E-state index in [1.807, 2.05) is 12.1 Å². The minimum Gasteiger partial charge on any atom is -0.465 e. The van der Waals surface area contributed by atoms with Crippen molar-refractivity contribution >= 4 is 35.4 Å². The first-order valence-corrected chi connectivity index (χ1v) is 16.8. The quantitative estimate of drug-likeness (QED) is 0.487. The van der Waals surface area contributed by atoms with E-state index in [1.54, 1.807) is 11.0 Å². The van der Waals surface area contributed by atoms with E-state index in [0.29, 0.717) is 36.3 Å². The molecule has 12 heteroatoms. The molecule has 6 aliphatic rings. The first-order chi connectivity index (χ1) is 21.7. The number of likely N-dealkylation sites (tertiary alicyclic amines) is 3. The van der Waals surface area contributed by atoms with Crippen molar-refractivity contribution in [3.63, 3.8) is 0 Å². The standard InChI is InChI=1S/C33H44N6O6/c40-28-5-4-27(29(41)34-28)39-30(42)25-3-2-24(20-26(25)31(39)43)38-13-1-10-33(21-38)11-18-36(19-12-33)23-6-14-35(15-7-23)22-8-16-37(17-9-22)32(44)45/h2-3,20,22-23,27H,1,4-19,21H2,(H,44,45)(H,34,40,41). The molecule has 12 nitrogen and oxygen atoms in total. The van der Waals surface area contributed by atoms with Crippen molar-refractivity contribution in [3.05, 3.63) is 29.3 Å². The highest BCUT2D eigenvalue weighted by Crippen LogP contribution is 2.43. The number of hydrogen-bond donors (Lipinski definition) is 2. The molecule has 5 fully saturated rings. The topological polar surface area (TPSA) is 134 Å². The fraction of sp³-hybridized carbons (Fsp3) is 0.667. The first-order valence-electron chi connectivity index (χ1n) is 16.8. The Bertz CT molecular complexity index is 1380. The number of nitrogens with zero attached hydrogens (tertiary/aromatic N) is 5. The molecule has 0 bridgehead atoms. The Kier molecular flexibility index (Phi) is 8.05. The Labute approximate surface area is 263 Å². The van der Waals surface area contributed by atoms with Gasteiger partial charge in [0.25, 0.3) is 11.8 Å². The monoisotopic (exact) mass is 620 g/mol. The van der Waals surface area contributed by atoms with Crippen LogP contribution in [0.1, 0.15) is 84.9 Å². The van der Waals surface area contributed by atoms with E-state index >= 15 is 0 Å². The van der Waals surface area contributed by atoms with Crippen LogP contribution in [-0.4, -0.2) is 125 Å². The smallest absolute Gasteiger partial charge is 0.407 e. The van der Waals surface area contributed by atoms with E-state index in [2.05, 4.69) is 20.0 Å². The second kappa shape index (κ2) is 12.0. The Balaban J connectivity index is 0.937. The maximum absolute atomic E-state index is 13.4. The molecule has 0 radical (unpaired) electrons. The van der Waals surface area contributed by atoms with E-state index in [9.17, 15) is 29.1 Å². The van der Waals surface area contributed by atoms with Gasteiger partial charge in [-0.05, 0) is 108 Å². The zero-order valence-corrected chi connectivity index (χ0v) is 25.9. The van der Waals surface area contributed by atoms with Gasteiger partial charge in [-0.2, -0.15) is 0 Å². The highest BCUT2D eigenvalue weighted by atomic mass is 16.4. The lowest BCUT2D eigenvalue weighted by molar-refractivity contribution is -0.136. The number of rotatable bonds is 4. The van der Waals surface area contributed by atoms with Gasteiger partial charge >= 0.3 is 6.09 Å². The van der Waals surface area contributed by atoms with Crippen molar-refractivity contribution in [1.29, 1.82) is 0 Å². The molecule has 2 N–H and O–H groups in total. The third-order valence-corrected chi connectivity index (χ3v) is 11.6. The zero-order valence-electron chi connectivity index (χ0n) is 25.9. The van der Waals surface area contributed by atoms with Crippen LogP contribution < -0.4 is 10.2 Å². The third kappa shape index (κ3) is 5.71. The summed E-state index contributed by atoms with van der Waals surface area (Å²) in [6, 6.07) is 5.66. The molecule has 0 saturated carbocycles. The lowest BCUT2D eigenvalue weighted by Gasteiger charge is -2.51. The number of imide groups is 2. The van der Waals surface area contributed by atoms with E-state index in [4.69, 9.17) is 0 Å². The van der Waals surface area contributed by atoms with Crippen molar-refractivity contribution < 1.29 is 29.1 Å². The maximum Gasteiger partial charge on any atom is 0.407 e. The number of carboxylic acid groups (broad SMARTS) is 1. The van der Waals surface area contributed by atoms with Crippen LogP contribution in [0.25, 0.3) is 0 Å². The van der Waals surface area contributed by atoms with Gasteiger partial charge in [0, 0.05) is 50.4 Å². The van der Waals surface area contributed by atoms with Gasteiger partial charge in [-0.1, -0.05) is 0 Å². The van der Waals surface area contributed by atoms with Crippen LogP contribution in [-0.2, 0) is 9.59 Å². The average Bonchev–Trinajstić information content (AvgIpc) is 3.30. The highest BCUT2D eigenvalue weighted by molar-refractivity contribution is 6.23. The number of fused-ring (bicyclic) bond motifs is 1. The van der Waals surface area contributed by atoms with Gasteiger partial charge in [0.15, 0.2) is 0 Å². The number of hydrogen-bond acceptors (Lipinski definition) is 8. The van der Waals surface area contributed by atoms with E-state index in [1.165, 1.54) is 19.3 Å². The third-order valence-electron chi connectivity index (χ3n) is 11.6. The summed E-state index contributed by atoms with van der Waals surface area (Å²) in [5, 5.41) is 11.5. The summed E-state index contributed by atoms with van der Waals surface area (Å²) in [5.41, 5.74) is 1.86. The van der Waals surface area contributed by atoms with Crippen LogP contribution in [0.15, 0.2) is 18.2 Å². The molecule has 6 aliphatic heterocycles. The summed E-state index contributed by atoms with van der Waals surface area (Å²) in [4.78, 5) is 72.1. The van der Waals surface area contributed by atoms with Crippen LogP contribution in [0, 0.1) is 5.41 Å². The molecular weight excluding hydrogens is 576 g/mol. The number of piperidine rings is 5. The number of benzene rings is 1. The van der Waals surface area contributed by atoms with Gasteiger partial charge in [-0.25, -0.2) is 4.79 Å². The average molecular weight is 621 g/mol. The second-order valence-corrected chi connectivity index (χ2v) is 14.0. The van der Waals surface area contributed by atoms with E-state index < -0.39 is 29.9 Å². The highest BCUT2D eigenvalue weighted by Gasteiger charge is 2.46. The molecule has 242 valence electrons. The molecule has 1 atom stereocenters. The summed E-state index contributed by atoms with van der Waals surface area (Å²) >= 11 is 0. The van der Waals surface area contributed by atoms with Crippen molar-refractivity contribution in [2.24, 2.45) is 5.41 Å². The molecular formula is C33H44N6O6. The van der Waals surface area contributed by atoms with Crippen molar-refractivity contribution in [3.8, 4) is 0 Å². The molecule has 0 aliphatic carbocycles. The summed E-state index contributed by atoms with van der Waals surface area (Å²) in [6.07, 6.45) is 8.30. The Morgan fingerprint density at radius 2 is 1.42 bits per heavy atom. The molecule has 5 amide bonds. The molecule has 1 spiro atoms. The summed E-state index contributed by atoms with van der Waals surface area (Å²) in [5.74, 6) is -1.89. The minimum atomic E-state index is -0.953. The fourth-order valence-corrected chi connectivity index (χ4v) is 8.89. The van der Waals surface area contributed by atoms with Crippen LogP contribution in [0.4, 0.5) is 10.5 Å². The van der Waals surface area contributed by atoms with E-state index in [-0.39, 0.29) is 24.2 Å². The van der Waals surface area contributed by atoms with Crippen molar-refractivity contribution in [1.82, 2.24) is 24.9 Å². The first kappa shape index (κ1) is 30.2. The number of nitrogens with one attached hydrogen (secondary N) is 1. The normalized spacial score (nSPS) is 27.3. The van der Waals surface area contributed by atoms with Gasteiger partial charge in [0.1, 0.15) is 6.04 Å². The van der Waals surface area contributed by atoms with Crippen molar-refractivity contribution in [2.45, 2.75) is 82.3 Å². The van der Waals surface area contributed by atoms with Gasteiger partial charge in [0.05, 0.1) is 11.1 Å². The minimum absolute atomic E-state index is 0.108. The Hall–Kier alpha value is -3.51.